The van der Waals surface area contributed by atoms with Crippen LogP contribution in [0.25, 0.3) is 0 Å². The number of ether oxygens (including phenoxy) is 1. The van der Waals surface area contributed by atoms with Crippen molar-refractivity contribution in [1.29, 1.82) is 0 Å². The molecule has 3 fully saturated rings. The summed E-state index contributed by atoms with van der Waals surface area (Å²) in [4.78, 5) is 116. The molecule has 0 aliphatic carbocycles. The molecule has 0 saturated carbocycles. The van der Waals surface area contributed by atoms with Crippen LogP contribution in [0.1, 0.15) is 97.6 Å². The van der Waals surface area contributed by atoms with E-state index >= 15 is 0 Å². The first-order chi connectivity index (χ1) is 31.8. The second kappa shape index (κ2) is 23.8. The van der Waals surface area contributed by atoms with Gasteiger partial charge in [0.15, 0.2) is 0 Å². The maximum absolute atomic E-state index is 14.7. The second-order valence-electron chi connectivity index (χ2n) is 18.6. The quantitative estimate of drug-likeness (QED) is 0.144. The Labute approximate surface area is 392 Å². The Balaban J connectivity index is 1.57. The summed E-state index contributed by atoms with van der Waals surface area (Å²) in [5.41, 5.74) is 7.94. The van der Waals surface area contributed by atoms with Gasteiger partial charge < -0.3 is 52.0 Å². The summed E-state index contributed by atoms with van der Waals surface area (Å²) < 4.78 is 5.82. The van der Waals surface area contributed by atoms with Gasteiger partial charge in [-0.15, -0.1) is 0 Å². The van der Waals surface area contributed by atoms with E-state index in [0.29, 0.717) is 42.7 Å². The number of benzene rings is 2. The Hall–Kier alpha value is -6.46. The minimum Gasteiger partial charge on any atom is -0.508 e. The van der Waals surface area contributed by atoms with Gasteiger partial charge in [0.25, 0.3) is 0 Å². The van der Waals surface area contributed by atoms with Gasteiger partial charge in [-0.2, -0.15) is 0 Å². The van der Waals surface area contributed by atoms with Crippen molar-refractivity contribution in [2.24, 2.45) is 17.6 Å². The molecule has 67 heavy (non-hydrogen) atoms. The number of aromatic hydroxyl groups is 1. The van der Waals surface area contributed by atoms with Gasteiger partial charge in [0, 0.05) is 25.9 Å². The van der Waals surface area contributed by atoms with Crippen LogP contribution in [0.4, 0.5) is 0 Å². The van der Waals surface area contributed by atoms with Crippen LogP contribution in [0.15, 0.2) is 60.2 Å². The first-order valence-electron chi connectivity index (χ1n) is 23.4. The normalized spacial score (nSPS) is 25.1. The van der Waals surface area contributed by atoms with Crippen LogP contribution in [0.2, 0.25) is 0 Å². The lowest BCUT2D eigenvalue weighted by atomic mass is 9.96. The highest BCUT2D eigenvalue weighted by Gasteiger charge is 2.43. The Morgan fingerprint density at radius 2 is 1.19 bits per heavy atom. The molecule has 3 aliphatic heterocycles. The summed E-state index contributed by atoms with van der Waals surface area (Å²) in [6.07, 6.45) is 3.16. The van der Waals surface area contributed by atoms with Crippen molar-refractivity contribution in [2.45, 2.75) is 142 Å². The van der Waals surface area contributed by atoms with Crippen molar-refractivity contribution < 1.29 is 48.2 Å². The summed E-state index contributed by atoms with van der Waals surface area (Å²) >= 11 is 0. The molecule has 2 aromatic rings. The monoisotopic (exact) mass is 929 g/mol. The maximum Gasteiger partial charge on any atom is 0.246 e. The number of fused-ring (bicyclic) bond motifs is 2. The number of nitrogens with zero attached hydrogens (tertiary/aromatic N) is 2. The fourth-order valence-electron chi connectivity index (χ4n) is 8.68. The van der Waals surface area contributed by atoms with Crippen LogP contribution < -0.4 is 37.1 Å². The van der Waals surface area contributed by atoms with Gasteiger partial charge in [0.05, 0.1) is 6.42 Å². The van der Waals surface area contributed by atoms with Crippen LogP contribution >= 0.6 is 0 Å². The SMILES string of the molecule is CC[C@H](C)[C@@H]1NC(=O)[C@@H]2CCCN2C(=O)[C@H](Cc2ccc(O)cc2)NC(=O)[C@H](CC(C)C)NC(=O)[C@H](Cc2ccc(OCC=C(C)C)cc2)NC(=O)[C@@H]2CCCN2C(=O)[C@H](CC(N)=O)NC1=O. The molecule has 8 atom stereocenters. The number of primary amides is 1. The van der Waals surface area contributed by atoms with Gasteiger partial charge in [-0.3, -0.25) is 38.4 Å². The highest BCUT2D eigenvalue weighted by molar-refractivity contribution is 6.00. The highest BCUT2D eigenvalue weighted by Crippen LogP contribution is 2.24. The number of nitrogens with one attached hydrogen (secondary N) is 5. The molecule has 3 aliphatic rings. The Kier molecular flexibility index (Phi) is 18.3. The van der Waals surface area contributed by atoms with Crippen molar-refractivity contribution in [1.82, 2.24) is 36.4 Å². The lowest BCUT2D eigenvalue weighted by Crippen LogP contribution is -2.60. The molecule has 8 N–H and O–H groups in total. The van der Waals surface area contributed by atoms with Gasteiger partial charge in [0.1, 0.15) is 60.4 Å². The van der Waals surface area contributed by atoms with Crippen molar-refractivity contribution in [3.8, 4) is 11.5 Å². The van der Waals surface area contributed by atoms with E-state index in [1.54, 1.807) is 43.3 Å². The third-order valence-corrected chi connectivity index (χ3v) is 12.6. The zero-order valence-electron chi connectivity index (χ0n) is 39.5. The van der Waals surface area contributed by atoms with Crippen LogP contribution in [0, 0.1) is 11.8 Å². The lowest BCUT2D eigenvalue weighted by Gasteiger charge is -2.32. The molecule has 364 valence electrons. The minimum atomic E-state index is -1.49. The number of phenols is 1. The Morgan fingerprint density at radius 3 is 1.75 bits per heavy atom. The molecule has 18 heteroatoms. The number of amides is 8. The molecule has 0 aromatic heterocycles. The average molecular weight is 929 g/mol. The number of carbonyl (C=O) groups excluding carboxylic acids is 8. The van der Waals surface area contributed by atoms with E-state index in [1.807, 2.05) is 40.7 Å². The van der Waals surface area contributed by atoms with Crippen LogP contribution in [-0.4, -0.2) is 124 Å². The molecule has 0 radical (unpaired) electrons. The number of carbonyl (C=O) groups is 8. The predicted molar refractivity (Wildman–Crippen MR) is 249 cm³/mol. The first kappa shape index (κ1) is 51.5. The van der Waals surface area contributed by atoms with Gasteiger partial charge in [-0.25, -0.2) is 0 Å². The Bertz CT molecular complexity index is 2140. The number of hydrogen-bond acceptors (Lipinski definition) is 10. The zero-order chi connectivity index (χ0) is 48.9. The van der Waals surface area contributed by atoms with Crippen molar-refractivity contribution in [3.63, 3.8) is 0 Å². The number of hydrogen-bond donors (Lipinski definition) is 7. The molecule has 0 unspecified atom stereocenters. The van der Waals surface area contributed by atoms with Gasteiger partial charge in [-0.1, -0.05) is 64.0 Å². The van der Waals surface area contributed by atoms with Crippen LogP contribution in [-0.2, 0) is 51.2 Å². The molecular formula is C49H68N8O10. The number of phenolic OH excluding ortho intramolecular Hbond substituents is 1. The van der Waals surface area contributed by atoms with E-state index in [9.17, 15) is 43.5 Å². The largest absolute Gasteiger partial charge is 0.508 e. The van der Waals surface area contributed by atoms with E-state index < -0.39 is 102 Å². The molecular weight excluding hydrogens is 861 g/mol. The van der Waals surface area contributed by atoms with E-state index in [2.05, 4.69) is 26.6 Å². The summed E-state index contributed by atoms with van der Waals surface area (Å²) in [6.45, 7) is 11.9. The van der Waals surface area contributed by atoms with Crippen molar-refractivity contribution >= 4 is 47.3 Å². The van der Waals surface area contributed by atoms with Gasteiger partial charge in [-0.05, 0) is 99.3 Å². The van der Waals surface area contributed by atoms with Gasteiger partial charge >= 0.3 is 0 Å². The van der Waals surface area contributed by atoms with Gasteiger partial charge in [0.2, 0.25) is 47.3 Å². The fourth-order valence-corrected chi connectivity index (χ4v) is 8.68. The maximum atomic E-state index is 14.7. The summed E-state index contributed by atoms with van der Waals surface area (Å²) in [7, 11) is 0. The summed E-state index contributed by atoms with van der Waals surface area (Å²) in [6, 6.07) is 4.61. The van der Waals surface area contributed by atoms with Crippen molar-refractivity contribution in [3.05, 3.63) is 71.3 Å². The highest BCUT2D eigenvalue weighted by atomic mass is 16.5. The Morgan fingerprint density at radius 1 is 0.701 bits per heavy atom. The van der Waals surface area contributed by atoms with E-state index in [4.69, 9.17) is 10.5 Å². The van der Waals surface area contributed by atoms with Crippen molar-refractivity contribution in [2.75, 3.05) is 19.7 Å². The smallest absolute Gasteiger partial charge is 0.246 e. The molecule has 0 spiro atoms. The molecule has 3 heterocycles. The summed E-state index contributed by atoms with van der Waals surface area (Å²) in [5.74, 6) is -5.65. The lowest BCUT2D eigenvalue weighted by molar-refractivity contribution is -0.144. The second-order valence-corrected chi connectivity index (χ2v) is 18.6. The third-order valence-electron chi connectivity index (χ3n) is 12.6. The first-order valence-corrected chi connectivity index (χ1v) is 23.4. The van der Waals surface area contributed by atoms with Crippen LogP contribution in [0.5, 0.6) is 11.5 Å². The standard InChI is InChI=1S/C49H68N8O10/c1-7-30(6)42-47(64)54-38(27-41(50)59)49(66)56-21-8-10-39(56)45(62)52-36(25-32-14-18-34(19-15-32)67-23-20-28(2)3)44(61)51-35(24-29(4)5)43(60)53-37(26-31-12-16-33(58)17-13-31)48(65)57-22-9-11-40(57)46(63)55-42/h12-20,29-30,35-40,42,58H,7-11,21-27H2,1-6H3,(H2,50,59)(H,51,61)(H,52,62)(H,53,60)(H,54,64)(H,55,63)/t30-,35-,36-,37-,38-,39-,40-,42-/m0/s1. The molecule has 2 aromatic carbocycles. The number of nitrogens with two attached hydrogens (primary N) is 1. The minimum absolute atomic E-state index is 0.00161. The molecule has 8 amide bonds. The number of rotatable bonds is 13. The van der Waals surface area contributed by atoms with Crippen LogP contribution in [0.3, 0.4) is 0 Å². The summed E-state index contributed by atoms with van der Waals surface area (Å²) in [5, 5.41) is 24.0. The third kappa shape index (κ3) is 14.3. The average Bonchev–Trinajstić information content (AvgIpc) is 3.98. The molecule has 3 saturated heterocycles. The fraction of sp³-hybridized carbons (Fsp3) is 0.551. The topological polar surface area (TPSA) is 259 Å². The number of allylic oxidation sites excluding steroid dienone is 1. The zero-order valence-corrected chi connectivity index (χ0v) is 39.5. The van der Waals surface area contributed by atoms with E-state index in [1.165, 1.54) is 21.9 Å². The van der Waals surface area contributed by atoms with E-state index in [0.717, 1.165) is 5.57 Å². The molecule has 0 bridgehead atoms. The predicted octanol–water partition coefficient (Wildman–Crippen LogP) is 1.91. The van der Waals surface area contributed by atoms with E-state index in [-0.39, 0.29) is 56.9 Å². The molecule has 18 nitrogen and oxygen atoms in total. The molecule has 5 rings (SSSR count).